The summed E-state index contributed by atoms with van der Waals surface area (Å²) in [6, 6.07) is 3.98. The first-order valence-corrected chi connectivity index (χ1v) is 5.63. The molecule has 1 N–H and O–H groups in total. The van der Waals surface area contributed by atoms with Crippen LogP contribution in [0.3, 0.4) is 0 Å². The van der Waals surface area contributed by atoms with Crippen molar-refractivity contribution in [1.82, 2.24) is 15.1 Å². The molecule has 4 nitrogen and oxygen atoms in total. The molecule has 0 atom stereocenters. The summed E-state index contributed by atoms with van der Waals surface area (Å²) in [7, 11) is 0. The van der Waals surface area contributed by atoms with Gasteiger partial charge in [-0.15, -0.1) is 0 Å². The SMILES string of the molecule is CCCNCc1coc(Cn2cccn2)c1. The van der Waals surface area contributed by atoms with Gasteiger partial charge in [0.2, 0.25) is 0 Å². The van der Waals surface area contributed by atoms with Gasteiger partial charge < -0.3 is 9.73 Å². The zero-order chi connectivity index (χ0) is 11.2. The molecule has 0 saturated heterocycles. The molecule has 0 bridgehead atoms. The van der Waals surface area contributed by atoms with Crippen molar-refractivity contribution in [1.29, 1.82) is 0 Å². The van der Waals surface area contributed by atoms with Crippen LogP contribution in [0.5, 0.6) is 0 Å². The number of nitrogens with zero attached hydrogens (tertiary/aromatic N) is 2. The second-order valence-corrected chi connectivity index (χ2v) is 3.80. The lowest BCUT2D eigenvalue weighted by Crippen LogP contribution is -2.13. The van der Waals surface area contributed by atoms with Gasteiger partial charge in [0.15, 0.2) is 0 Å². The van der Waals surface area contributed by atoms with Gasteiger partial charge in [0, 0.05) is 24.5 Å². The zero-order valence-electron chi connectivity index (χ0n) is 9.52. The molecule has 4 heteroatoms. The average Bonchev–Trinajstić information content (AvgIpc) is 2.91. The van der Waals surface area contributed by atoms with Crippen LogP contribution in [0.15, 0.2) is 35.2 Å². The minimum absolute atomic E-state index is 0.695. The maximum Gasteiger partial charge on any atom is 0.125 e. The van der Waals surface area contributed by atoms with E-state index in [1.54, 1.807) is 6.20 Å². The topological polar surface area (TPSA) is 43.0 Å². The maximum absolute atomic E-state index is 5.47. The van der Waals surface area contributed by atoms with Crippen molar-refractivity contribution in [2.24, 2.45) is 0 Å². The number of aromatic nitrogens is 2. The summed E-state index contributed by atoms with van der Waals surface area (Å²) < 4.78 is 7.32. The Kier molecular flexibility index (Phi) is 3.77. The second-order valence-electron chi connectivity index (χ2n) is 3.80. The lowest BCUT2D eigenvalue weighted by Gasteiger charge is -1.98. The summed E-state index contributed by atoms with van der Waals surface area (Å²) in [4.78, 5) is 0. The van der Waals surface area contributed by atoms with E-state index in [9.17, 15) is 0 Å². The molecule has 2 aromatic rings. The molecule has 0 aromatic carbocycles. The molecule has 0 spiro atoms. The highest BCUT2D eigenvalue weighted by atomic mass is 16.3. The molecule has 0 amide bonds. The van der Waals surface area contributed by atoms with Gasteiger partial charge in [0.25, 0.3) is 0 Å². The van der Waals surface area contributed by atoms with Crippen molar-refractivity contribution in [2.45, 2.75) is 26.4 Å². The summed E-state index contributed by atoms with van der Waals surface area (Å²) in [6.45, 7) is 4.77. The average molecular weight is 219 g/mol. The third-order valence-corrected chi connectivity index (χ3v) is 2.34. The quantitative estimate of drug-likeness (QED) is 0.756. The van der Waals surface area contributed by atoms with E-state index < -0.39 is 0 Å². The second kappa shape index (κ2) is 5.51. The largest absolute Gasteiger partial charge is 0.467 e. The lowest BCUT2D eigenvalue weighted by atomic mass is 10.3. The van der Waals surface area contributed by atoms with Crippen LogP contribution < -0.4 is 5.32 Å². The molecule has 86 valence electrons. The van der Waals surface area contributed by atoms with Gasteiger partial charge in [-0.25, -0.2) is 0 Å². The fourth-order valence-electron chi connectivity index (χ4n) is 1.56. The van der Waals surface area contributed by atoms with Crippen LogP contribution in [0.25, 0.3) is 0 Å². The van der Waals surface area contributed by atoms with Crippen molar-refractivity contribution in [2.75, 3.05) is 6.54 Å². The minimum atomic E-state index is 0.695. The summed E-state index contributed by atoms with van der Waals surface area (Å²) >= 11 is 0. The van der Waals surface area contributed by atoms with E-state index >= 15 is 0 Å². The first-order chi connectivity index (χ1) is 7.88. The Morgan fingerprint density at radius 2 is 2.44 bits per heavy atom. The monoisotopic (exact) mass is 219 g/mol. The van der Waals surface area contributed by atoms with Crippen LogP contribution in [-0.2, 0) is 13.1 Å². The normalized spacial score (nSPS) is 10.8. The number of hydrogen-bond acceptors (Lipinski definition) is 3. The van der Waals surface area contributed by atoms with Crippen molar-refractivity contribution in [3.05, 3.63) is 42.1 Å². The molecule has 0 aliphatic heterocycles. The highest BCUT2D eigenvalue weighted by Crippen LogP contribution is 2.08. The molecule has 2 aromatic heterocycles. The molecule has 0 aliphatic carbocycles. The van der Waals surface area contributed by atoms with E-state index in [1.807, 2.05) is 23.2 Å². The van der Waals surface area contributed by atoms with Crippen LogP contribution in [-0.4, -0.2) is 16.3 Å². The van der Waals surface area contributed by atoms with Gasteiger partial charge in [-0.3, -0.25) is 4.68 Å². The molecule has 16 heavy (non-hydrogen) atoms. The fraction of sp³-hybridized carbons (Fsp3) is 0.417. The first kappa shape index (κ1) is 11.0. The Morgan fingerprint density at radius 3 is 3.19 bits per heavy atom. The number of furan rings is 1. The fourth-order valence-corrected chi connectivity index (χ4v) is 1.56. The molecule has 0 aliphatic rings. The molecular weight excluding hydrogens is 202 g/mol. The Hall–Kier alpha value is -1.55. The van der Waals surface area contributed by atoms with Crippen molar-refractivity contribution in [3.8, 4) is 0 Å². The van der Waals surface area contributed by atoms with E-state index in [-0.39, 0.29) is 0 Å². The Balaban J connectivity index is 1.87. The van der Waals surface area contributed by atoms with Gasteiger partial charge in [-0.1, -0.05) is 6.92 Å². The first-order valence-electron chi connectivity index (χ1n) is 5.63. The van der Waals surface area contributed by atoms with Gasteiger partial charge in [-0.05, 0) is 25.1 Å². The van der Waals surface area contributed by atoms with E-state index in [1.165, 1.54) is 5.56 Å². The van der Waals surface area contributed by atoms with Gasteiger partial charge in [0.05, 0.1) is 12.8 Å². The summed E-state index contributed by atoms with van der Waals surface area (Å²) in [6.07, 6.45) is 6.66. The van der Waals surface area contributed by atoms with Gasteiger partial charge in [0.1, 0.15) is 5.76 Å². The molecule has 0 radical (unpaired) electrons. The Morgan fingerprint density at radius 1 is 1.50 bits per heavy atom. The predicted molar refractivity (Wildman–Crippen MR) is 62.0 cm³/mol. The third kappa shape index (κ3) is 2.97. The predicted octanol–water partition coefficient (Wildman–Crippen LogP) is 2.02. The van der Waals surface area contributed by atoms with Crippen molar-refractivity contribution >= 4 is 0 Å². The standard InChI is InChI=1S/C12H17N3O/c1-2-4-13-8-11-7-12(16-10-11)9-15-6-3-5-14-15/h3,5-7,10,13H,2,4,8-9H2,1H3. The van der Waals surface area contributed by atoms with E-state index in [4.69, 9.17) is 4.42 Å². The molecule has 0 fully saturated rings. The molecule has 0 saturated carbocycles. The summed E-state index contributed by atoms with van der Waals surface area (Å²) in [5, 5.41) is 7.48. The minimum Gasteiger partial charge on any atom is -0.467 e. The highest BCUT2D eigenvalue weighted by Gasteiger charge is 2.02. The van der Waals surface area contributed by atoms with Crippen LogP contribution in [0.4, 0.5) is 0 Å². The molecule has 0 unspecified atom stereocenters. The van der Waals surface area contributed by atoms with Gasteiger partial charge in [-0.2, -0.15) is 5.10 Å². The van der Waals surface area contributed by atoms with Crippen molar-refractivity contribution < 1.29 is 4.42 Å². The summed E-state index contributed by atoms with van der Waals surface area (Å²) in [5.74, 6) is 0.942. The van der Waals surface area contributed by atoms with Crippen LogP contribution in [0.2, 0.25) is 0 Å². The lowest BCUT2D eigenvalue weighted by molar-refractivity contribution is 0.478. The van der Waals surface area contributed by atoms with E-state index in [2.05, 4.69) is 23.4 Å². The van der Waals surface area contributed by atoms with Crippen LogP contribution in [0.1, 0.15) is 24.7 Å². The number of rotatable bonds is 6. The smallest absolute Gasteiger partial charge is 0.125 e. The summed E-state index contributed by atoms with van der Waals surface area (Å²) in [5.41, 5.74) is 1.19. The van der Waals surface area contributed by atoms with Crippen LogP contribution >= 0.6 is 0 Å². The van der Waals surface area contributed by atoms with Gasteiger partial charge >= 0.3 is 0 Å². The molecular formula is C12H17N3O. The van der Waals surface area contributed by atoms with Crippen LogP contribution in [0, 0.1) is 0 Å². The number of hydrogen-bond donors (Lipinski definition) is 1. The Bertz CT molecular complexity index is 406. The molecule has 2 rings (SSSR count). The highest BCUT2D eigenvalue weighted by molar-refractivity contribution is 5.12. The maximum atomic E-state index is 5.47. The zero-order valence-corrected chi connectivity index (χ0v) is 9.52. The third-order valence-electron chi connectivity index (χ3n) is 2.34. The Labute approximate surface area is 95.3 Å². The van der Waals surface area contributed by atoms with E-state index in [0.717, 1.165) is 25.3 Å². The molecule has 2 heterocycles. The van der Waals surface area contributed by atoms with E-state index in [0.29, 0.717) is 6.54 Å². The van der Waals surface area contributed by atoms with Crippen molar-refractivity contribution in [3.63, 3.8) is 0 Å². The number of nitrogens with one attached hydrogen (secondary N) is 1.